The van der Waals surface area contributed by atoms with Crippen LogP contribution in [0.25, 0.3) is 11.3 Å². The molecule has 0 fully saturated rings. The molecular weight excluding hydrogens is 302 g/mol. The third-order valence-electron chi connectivity index (χ3n) is 3.86. The van der Waals surface area contributed by atoms with Crippen LogP contribution in [0, 0.1) is 0 Å². The molecule has 3 aromatic rings. The second-order valence-corrected chi connectivity index (χ2v) is 5.53. The summed E-state index contributed by atoms with van der Waals surface area (Å²) < 4.78 is 5.15. The van der Waals surface area contributed by atoms with Crippen LogP contribution < -0.4 is 4.74 Å². The third-order valence-corrected chi connectivity index (χ3v) is 3.86. The van der Waals surface area contributed by atoms with Gasteiger partial charge in [-0.15, -0.1) is 0 Å². The zero-order valence-corrected chi connectivity index (χ0v) is 13.7. The number of nitrogens with one attached hydrogen (secondary N) is 1. The molecule has 1 aromatic heterocycles. The van der Waals surface area contributed by atoms with Gasteiger partial charge in [0, 0.05) is 19.2 Å². The first-order chi connectivity index (χ1) is 11.7. The number of carbonyl (C=O) groups excluding carboxylic acids is 1. The van der Waals surface area contributed by atoms with Crippen molar-refractivity contribution in [3.63, 3.8) is 0 Å². The van der Waals surface area contributed by atoms with E-state index in [0.29, 0.717) is 12.1 Å². The van der Waals surface area contributed by atoms with Crippen molar-refractivity contribution in [3.05, 3.63) is 71.9 Å². The Bertz CT molecular complexity index is 810. The Hall–Kier alpha value is -3.08. The predicted octanol–water partition coefficient (Wildman–Crippen LogP) is 3.36. The molecule has 1 heterocycles. The van der Waals surface area contributed by atoms with Crippen LogP contribution in [0.15, 0.2) is 60.8 Å². The second-order valence-electron chi connectivity index (χ2n) is 5.53. The van der Waals surface area contributed by atoms with Crippen LogP contribution >= 0.6 is 0 Å². The normalized spacial score (nSPS) is 10.4. The summed E-state index contributed by atoms with van der Waals surface area (Å²) in [5.74, 6) is 0.729. The first kappa shape index (κ1) is 15.8. The van der Waals surface area contributed by atoms with E-state index in [0.717, 1.165) is 22.6 Å². The second kappa shape index (κ2) is 7.00. The lowest BCUT2D eigenvalue weighted by atomic mass is 10.1. The van der Waals surface area contributed by atoms with Crippen molar-refractivity contribution in [2.24, 2.45) is 0 Å². The van der Waals surface area contributed by atoms with Gasteiger partial charge in [0.1, 0.15) is 5.75 Å². The van der Waals surface area contributed by atoms with Crippen molar-refractivity contribution in [2.75, 3.05) is 14.2 Å². The zero-order chi connectivity index (χ0) is 16.9. The summed E-state index contributed by atoms with van der Waals surface area (Å²) in [6.45, 7) is 0.516. The number of nitrogens with zero attached hydrogens (tertiary/aromatic N) is 2. The van der Waals surface area contributed by atoms with Crippen molar-refractivity contribution >= 4 is 5.91 Å². The topological polar surface area (TPSA) is 58.2 Å². The quantitative estimate of drug-likeness (QED) is 0.784. The number of benzene rings is 2. The molecule has 24 heavy (non-hydrogen) atoms. The fourth-order valence-corrected chi connectivity index (χ4v) is 2.56. The van der Waals surface area contributed by atoms with Gasteiger partial charge in [-0.05, 0) is 17.7 Å². The summed E-state index contributed by atoms with van der Waals surface area (Å²) in [4.78, 5) is 14.4. The highest BCUT2D eigenvalue weighted by Gasteiger charge is 2.19. The standard InChI is InChI=1S/C19H19N3O2/c1-22(13-14-8-10-16(24-2)11-9-14)19(23)17-12-20-21-18(17)15-6-4-3-5-7-15/h3-12H,13H2,1-2H3,(H,20,21). The van der Waals surface area contributed by atoms with Gasteiger partial charge in [0.25, 0.3) is 5.91 Å². The molecule has 0 spiro atoms. The number of hydrogen-bond acceptors (Lipinski definition) is 3. The molecule has 3 rings (SSSR count). The van der Waals surface area contributed by atoms with E-state index in [1.165, 1.54) is 0 Å². The Balaban J connectivity index is 1.78. The highest BCUT2D eigenvalue weighted by atomic mass is 16.5. The lowest BCUT2D eigenvalue weighted by Gasteiger charge is -2.17. The fraction of sp³-hybridized carbons (Fsp3) is 0.158. The minimum Gasteiger partial charge on any atom is -0.497 e. The van der Waals surface area contributed by atoms with Gasteiger partial charge in [-0.3, -0.25) is 9.89 Å². The molecule has 0 aliphatic carbocycles. The number of aromatic nitrogens is 2. The summed E-state index contributed by atoms with van der Waals surface area (Å²) in [6.07, 6.45) is 1.58. The molecule has 0 unspecified atom stereocenters. The number of amides is 1. The van der Waals surface area contributed by atoms with E-state index in [-0.39, 0.29) is 5.91 Å². The number of H-pyrrole nitrogens is 1. The van der Waals surface area contributed by atoms with Crippen molar-refractivity contribution in [2.45, 2.75) is 6.54 Å². The van der Waals surface area contributed by atoms with Crippen molar-refractivity contribution in [1.29, 1.82) is 0 Å². The monoisotopic (exact) mass is 321 g/mol. The molecule has 122 valence electrons. The lowest BCUT2D eigenvalue weighted by molar-refractivity contribution is 0.0786. The van der Waals surface area contributed by atoms with Gasteiger partial charge in [-0.1, -0.05) is 42.5 Å². The molecule has 0 atom stereocenters. The van der Waals surface area contributed by atoms with Crippen LogP contribution in [-0.2, 0) is 6.54 Å². The van der Waals surface area contributed by atoms with E-state index < -0.39 is 0 Å². The summed E-state index contributed by atoms with van der Waals surface area (Å²) >= 11 is 0. The van der Waals surface area contributed by atoms with E-state index in [1.807, 2.05) is 54.6 Å². The summed E-state index contributed by atoms with van der Waals surface area (Å²) in [5.41, 5.74) is 3.28. The average Bonchev–Trinajstić information content (AvgIpc) is 3.12. The van der Waals surface area contributed by atoms with Gasteiger partial charge in [0.2, 0.25) is 0 Å². The van der Waals surface area contributed by atoms with Crippen molar-refractivity contribution in [3.8, 4) is 17.0 Å². The number of hydrogen-bond donors (Lipinski definition) is 1. The van der Waals surface area contributed by atoms with E-state index in [2.05, 4.69) is 10.2 Å². The highest BCUT2D eigenvalue weighted by molar-refractivity contribution is 5.99. The molecule has 0 radical (unpaired) electrons. The third kappa shape index (κ3) is 3.30. The first-order valence-corrected chi connectivity index (χ1v) is 7.66. The number of aromatic amines is 1. The van der Waals surface area contributed by atoms with Crippen LogP contribution in [0.5, 0.6) is 5.75 Å². The summed E-state index contributed by atoms with van der Waals surface area (Å²) in [6, 6.07) is 17.4. The maximum absolute atomic E-state index is 12.8. The van der Waals surface area contributed by atoms with E-state index in [1.54, 1.807) is 25.3 Å². The Kier molecular flexibility index (Phi) is 4.61. The molecule has 1 N–H and O–H groups in total. The molecule has 5 heteroatoms. The molecule has 2 aromatic carbocycles. The van der Waals surface area contributed by atoms with Crippen molar-refractivity contribution in [1.82, 2.24) is 15.1 Å². The number of methoxy groups -OCH3 is 1. The summed E-state index contributed by atoms with van der Waals surface area (Å²) in [5, 5.41) is 6.97. The lowest BCUT2D eigenvalue weighted by Crippen LogP contribution is -2.26. The van der Waals surface area contributed by atoms with Gasteiger partial charge in [-0.25, -0.2) is 0 Å². The average molecular weight is 321 g/mol. The zero-order valence-electron chi connectivity index (χ0n) is 13.7. The smallest absolute Gasteiger partial charge is 0.257 e. The molecular formula is C19H19N3O2. The Morgan fingerprint density at radius 2 is 1.83 bits per heavy atom. The van der Waals surface area contributed by atoms with Gasteiger partial charge in [-0.2, -0.15) is 5.10 Å². The Labute approximate surface area is 140 Å². The maximum Gasteiger partial charge on any atom is 0.257 e. The molecule has 0 saturated carbocycles. The molecule has 0 saturated heterocycles. The van der Waals surface area contributed by atoms with Crippen LogP contribution in [0.2, 0.25) is 0 Å². The van der Waals surface area contributed by atoms with E-state index in [9.17, 15) is 4.79 Å². The maximum atomic E-state index is 12.8. The van der Waals surface area contributed by atoms with Crippen LogP contribution in [-0.4, -0.2) is 35.2 Å². The Morgan fingerprint density at radius 3 is 2.50 bits per heavy atom. The van der Waals surface area contributed by atoms with Crippen LogP contribution in [0.4, 0.5) is 0 Å². The molecule has 0 aliphatic heterocycles. The van der Waals surface area contributed by atoms with Crippen molar-refractivity contribution < 1.29 is 9.53 Å². The van der Waals surface area contributed by atoms with Gasteiger partial charge >= 0.3 is 0 Å². The predicted molar refractivity (Wildman–Crippen MR) is 92.8 cm³/mol. The van der Waals surface area contributed by atoms with E-state index >= 15 is 0 Å². The fourth-order valence-electron chi connectivity index (χ4n) is 2.56. The minimum absolute atomic E-state index is 0.0709. The molecule has 1 amide bonds. The molecule has 0 aliphatic rings. The largest absolute Gasteiger partial charge is 0.497 e. The van der Waals surface area contributed by atoms with Gasteiger partial charge in [0.05, 0.1) is 24.6 Å². The van der Waals surface area contributed by atoms with E-state index in [4.69, 9.17) is 4.74 Å². The van der Waals surface area contributed by atoms with Gasteiger partial charge < -0.3 is 9.64 Å². The number of rotatable bonds is 5. The van der Waals surface area contributed by atoms with Gasteiger partial charge in [0.15, 0.2) is 0 Å². The highest BCUT2D eigenvalue weighted by Crippen LogP contribution is 2.22. The molecule has 0 bridgehead atoms. The minimum atomic E-state index is -0.0709. The van der Waals surface area contributed by atoms with Crippen LogP contribution in [0.1, 0.15) is 15.9 Å². The SMILES string of the molecule is COc1ccc(CN(C)C(=O)c2cn[nH]c2-c2ccccc2)cc1. The molecule has 5 nitrogen and oxygen atoms in total. The first-order valence-electron chi connectivity index (χ1n) is 7.66. The number of carbonyl (C=O) groups is 1. The summed E-state index contributed by atoms with van der Waals surface area (Å²) in [7, 11) is 3.42. The number of ether oxygens (including phenoxy) is 1. The Morgan fingerprint density at radius 1 is 1.12 bits per heavy atom. The van der Waals surface area contributed by atoms with Crippen LogP contribution in [0.3, 0.4) is 0 Å².